The Bertz CT molecular complexity index is 1020. The van der Waals surface area contributed by atoms with Gasteiger partial charge in [-0.15, -0.1) is 0 Å². The number of hydrogen-bond acceptors (Lipinski definition) is 5. The molecule has 0 aliphatic rings. The fourth-order valence-electron chi connectivity index (χ4n) is 2.41. The highest BCUT2D eigenvalue weighted by Gasteiger charge is 2.10. The van der Waals surface area contributed by atoms with Crippen molar-refractivity contribution in [2.75, 3.05) is 12.0 Å². The average molecular weight is 397 g/mol. The molecule has 0 amide bonds. The SMILES string of the molecule is CC(C)COc1ccccc1/C=N\Nc1cnn(-c2ccccc2)c(=O)c1Cl. The van der Waals surface area contributed by atoms with Crippen LogP contribution in [-0.4, -0.2) is 22.6 Å². The normalized spacial score (nSPS) is 11.1. The molecule has 0 atom stereocenters. The molecule has 0 saturated heterocycles. The molecule has 1 heterocycles. The van der Waals surface area contributed by atoms with Gasteiger partial charge in [0.1, 0.15) is 16.5 Å². The molecule has 0 radical (unpaired) electrons. The van der Waals surface area contributed by atoms with Crippen LogP contribution in [0, 0.1) is 5.92 Å². The van der Waals surface area contributed by atoms with E-state index >= 15 is 0 Å². The van der Waals surface area contributed by atoms with Crippen molar-refractivity contribution < 1.29 is 4.74 Å². The molecule has 0 fully saturated rings. The zero-order chi connectivity index (χ0) is 19.9. The Morgan fingerprint density at radius 3 is 2.64 bits per heavy atom. The number of rotatable bonds is 7. The Labute approximate surface area is 168 Å². The van der Waals surface area contributed by atoms with Crippen molar-refractivity contribution in [3.8, 4) is 11.4 Å². The molecule has 7 heteroatoms. The quantitative estimate of drug-likeness (QED) is 0.475. The second-order valence-corrected chi connectivity index (χ2v) is 6.92. The number of aromatic nitrogens is 2. The van der Waals surface area contributed by atoms with E-state index in [1.54, 1.807) is 18.3 Å². The first-order valence-electron chi connectivity index (χ1n) is 8.90. The average Bonchev–Trinajstić information content (AvgIpc) is 2.71. The van der Waals surface area contributed by atoms with Crippen LogP contribution in [0.25, 0.3) is 5.69 Å². The fraction of sp³-hybridized carbons (Fsp3) is 0.190. The molecule has 0 saturated carbocycles. The van der Waals surface area contributed by atoms with Gasteiger partial charge >= 0.3 is 0 Å². The Balaban J connectivity index is 1.77. The predicted octanol–water partition coefficient (Wildman–Crippen LogP) is 4.37. The van der Waals surface area contributed by atoms with E-state index in [1.165, 1.54) is 10.9 Å². The summed E-state index contributed by atoms with van der Waals surface area (Å²) < 4.78 is 7.04. The van der Waals surface area contributed by atoms with Crippen LogP contribution < -0.4 is 15.7 Å². The number of hydrazone groups is 1. The molecule has 0 aliphatic carbocycles. The lowest BCUT2D eigenvalue weighted by molar-refractivity contribution is 0.271. The standard InChI is InChI=1S/C21H21ClN4O2/c1-15(2)14-28-19-11-7-6-8-16(19)12-23-25-18-13-24-26(21(27)20(18)22)17-9-4-3-5-10-17/h3-13,15,25H,14H2,1-2H3/b23-12-. The van der Waals surface area contributed by atoms with Gasteiger partial charge in [0.25, 0.3) is 5.56 Å². The van der Waals surface area contributed by atoms with Gasteiger partial charge in [0, 0.05) is 5.56 Å². The number of nitrogens with zero attached hydrogens (tertiary/aromatic N) is 3. The van der Waals surface area contributed by atoms with E-state index in [4.69, 9.17) is 16.3 Å². The van der Waals surface area contributed by atoms with E-state index in [0.717, 1.165) is 11.3 Å². The molecule has 1 aromatic heterocycles. The molecular formula is C21H21ClN4O2. The lowest BCUT2D eigenvalue weighted by Crippen LogP contribution is -2.22. The molecule has 0 unspecified atom stereocenters. The zero-order valence-corrected chi connectivity index (χ0v) is 16.4. The fourth-order valence-corrected chi connectivity index (χ4v) is 2.58. The van der Waals surface area contributed by atoms with Crippen LogP contribution in [0.15, 0.2) is 70.7 Å². The highest BCUT2D eigenvalue weighted by Crippen LogP contribution is 2.19. The molecule has 144 valence electrons. The van der Waals surface area contributed by atoms with Gasteiger partial charge in [-0.05, 0) is 30.2 Å². The maximum atomic E-state index is 12.5. The molecule has 2 aromatic carbocycles. The van der Waals surface area contributed by atoms with Gasteiger partial charge < -0.3 is 4.74 Å². The van der Waals surface area contributed by atoms with Crippen molar-refractivity contribution >= 4 is 23.5 Å². The first-order chi connectivity index (χ1) is 13.6. The summed E-state index contributed by atoms with van der Waals surface area (Å²) in [5, 5.41) is 8.35. The summed E-state index contributed by atoms with van der Waals surface area (Å²) >= 11 is 6.21. The third-order valence-electron chi connectivity index (χ3n) is 3.80. The first kappa shape index (κ1) is 19.6. The number of ether oxygens (including phenoxy) is 1. The van der Waals surface area contributed by atoms with Gasteiger partial charge in [0.15, 0.2) is 0 Å². The van der Waals surface area contributed by atoms with Crippen molar-refractivity contribution in [1.29, 1.82) is 0 Å². The zero-order valence-electron chi connectivity index (χ0n) is 15.7. The minimum absolute atomic E-state index is 0.0142. The molecule has 3 rings (SSSR count). The number of nitrogens with one attached hydrogen (secondary N) is 1. The number of halogens is 1. The van der Waals surface area contributed by atoms with Crippen LogP contribution in [-0.2, 0) is 0 Å². The molecule has 28 heavy (non-hydrogen) atoms. The van der Waals surface area contributed by atoms with E-state index in [-0.39, 0.29) is 5.02 Å². The molecule has 6 nitrogen and oxygen atoms in total. The summed E-state index contributed by atoms with van der Waals surface area (Å²) in [7, 11) is 0. The second-order valence-electron chi connectivity index (χ2n) is 6.54. The van der Waals surface area contributed by atoms with Crippen LogP contribution in [0.2, 0.25) is 5.02 Å². The van der Waals surface area contributed by atoms with Crippen molar-refractivity contribution in [3.63, 3.8) is 0 Å². The van der Waals surface area contributed by atoms with Crippen molar-refractivity contribution in [1.82, 2.24) is 9.78 Å². The van der Waals surface area contributed by atoms with Crippen LogP contribution in [0.4, 0.5) is 5.69 Å². The third kappa shape index (κ3) is 4.78. The van der Waals surface area contributed by atoms with E-state index in [9.17, 15) is 4.79 Å². The van der Waals surface area contributed by atoms with Crippen LogP contribution in [0.3, 0.4) is 0 Å². The van der Waals surface area contributed by atoms with Gasteiger partial charge in [-0.2, -0.15) is 14.9 Å². The number of hydrogen-bond donors (Lipinski definition) is 1. The summed E-state index contributed by atoms with van der Waals surface area (Å²) in [4.78, 5) is 12.5. The Hall–Kier alpha value is -3.12. The molecule has 0 aliphatic heterocycles. The van der Waals surface area contributed by atoms with Gasteiger partial charge in [-0.25, -0.2) is 0 Å². The van der Waals surface area contributed by atoms with Crippen molar-refractivity contribution in [2.45, 2.75) is 13.8 Å². The number of benzene rings is 2. The van der Waals surface area contributed by atoms with Crippen molar-refractivity contribution in [2.24, 2.45) is 11.0 Å². The predicted molar refractivity (Wildman–Crippen MR) is 113 cm³/mol. The topological polar surface area (TPSA) is 68.5 Å². The van der Waals surface area contributed by atoms with E-state index in [2.05, 4.69) is 29.5 Å². The first-order valence-corrected chi connectivity index (χ1v) is 9.28. The van der Waals surface area contributed by atoms with Gasteiger partial charge in [0.05, 0.1) is 24.7 Å². The minimum Gasteiger partial charge on any atom is -0.493 e. The van der Waals surface area contributed by atoms with E-state index < -0.39 is 5.56 Å². The van der Waals surface area contributed by atoms with E-state index in [1.807, 2.05) is 42.5 Å². The Kier molecular flexibility index (Phi) is 6.45. The summed E-state index contributed by atoms with van der Waals surface area (Å²) in [6.45, 7) is 4.79. The smallest absolute Gasteiger partial charge is 0.292 e. The summed E-state index contributed by atoms with van der Waals surface area (Å²) in [6.07, 6.45) is 3.09. The van der Waals surface area contributed by atoms with Crippen molar-refractivity contribution in [3.05, 3.63) is 81.7 Å². The summed E-state index contributed by atoms with van der Waals surface area (Å²) in [5.41, 5.74) is 4.14. The maximum absolute atomic E-state index is 12.5. The van der Waals surface area contributed by atoms with Crippen LogP contribution in [0.1, 0.15) is 19.4 Å². The lowest BCUT2D eigenvalue weighted by Gasteiger charge is -2.11. The van der Waals surface area contributed by atoms with E-state index in [0.29, 0.717) is 23.9 Å². The molecule has 1 N–H and O–H groups in total. The number of anilines is 1. The largest absolute Gasteiger partial charge is 0.493 e. The van der Waals surface area contributed by atoms with Crippen LogP contribution >= 0.6 is 11.6 Å². The third-order valence-corrected chi connectivity index (χ3v) is 4.16. The molecule has 0 spiro atoms. The molecular weight excluding hydrogens is 376 g/mol. The molecule has 0 bridgehead atoms. The lowest BCUT2D eigenvalue weighted by atomic mass is 10.2. The Morgan fingerprint density at radius 1 is 1.18 bits per heavy atom. The highest BCUT2D eigenvalue weighted by molar-refractivity contribution is 6.32. The summed E-state index contributed by atoms with van der Waals surface area (Å²) in [6, 6.07) is 16.7. The second kappa shape index (κ2) is 9.19. The van der Waals surface area contributed by atoms with Gasteiger partial charge in [-0.3, -0.25) is 10.2 Å². The number of para-hydroxylation sites is 2. The monoisotopic (exact) mass is 396 g/mol. The summed E-state index contributed by atoms with van der Waals surface area (Å²) in [5.74, 6) is 1.16. The molecule has 3 aromatic rings. The van der Waals surface area contributed by atoms with Gasteiger partial charge in [-0.1, -0.05) is 55.8 Å². The minimum atomic E-state index is -0.422. The van der Waals surface area contributed by atoms with Crippen LogP contribution in [0.5, 0.6) is 5.75 Å². The van der Waals surface area contributed by atoms with Gasteiger partial charge in [0.2, 0.25) is 0 Å². The highest BCUT2D eigenvalue weighted by atomic mass is 35.5. The Morgan fingerprint density at radius 2 is 1.89 bits per heavy atom. The maximum Gasteiger partial charge on any atom is 0.292 e.